The summed E-state index contributed by atoms with van der Waals surface area (Å²) < 4.78 is 21.4. The van der Waals surface area contributed by atoms with Crippen molar-refractivity contribution in [1.29, 1.82) is 0 Å². The van der Waals surface area contributed by atoms with Crippen LogP contribution in [0.4, 0.5) is 27.1 Å². The minimum absolute atomic E-state index is 0.0640. The normalized spacial score (nSPS) is 14.0. The highest BCUT2D eigenvalue weighted by atomic mass is 19.1. The highest BCUT2D eigenvalue weighted by Gasteiger charge is 2.31. The molecule has 144 heavy (non-hydrogen) atoms. The van der Waals surface area contributed by atoms with Crippen LogP contribution in [0.3, 0.4) is 0 Å². The smallest absolute Gasteiger partial charge is 0.274 e. The molecule has 4 aliphatic rings. The number of carbonyl (C=O) groups excluding carboxylic acids is 4. The highest BCUT2D eigenvalue weighted by Crippen LogP contribution is 2.38. The van der Waals surface area contributed by atoms with Crippen LogP contribution in [0, 0.1) is 78.0 Å². The summed E-state index contributed by atoms with van der Waals surface area (Å²) in [6, 6.07) is 103. The fraction of sp³-hybridized carbons (Fsp3) is 0.261. The van der Waals surface area contributed by atoms with Gasteiger partial charge in [0, 0.05) is 54.5 Å². The van der Waals surface area contributed by atoms with Gasteiger partial charge in [-0.25, -0.2) is 23.1 Å². The molecule has 4 saturated carbocycles. The number of carbonyl (C=O) groups is 4. The molecular weight excluding hydrogens is 1790 g/mol. The molecule has 0 saturated heterocycles. The third-order valence-electron chi connectivity index (χ3n) is 26.3. The third kappa shape index (κ3) is 26.8. The van der Waals surface area contributed by atoms with Gasteiger partial charge in [0.05, 0.1) is 69.7 Å². The van der Waals surface area contributed by atoms with Gasteiger partial charge in [0.1, 0.15) is 28.6 Å². The van der Waals surface area contributed by atoms with Crippen LogP contribution >= 0.6 is 0 Å². The zero-order chi connectivity index (χ0) is 100. The van der Waals surface area contributed by atoms with E-state index < -0.39 is 0 Å². The Bertz CT molecular complexity index is 6950. The molecule has 4 heterocycles. The summed E-state index contributed by atoms with van der Waals surface area (Å²) >= 11 is 0. The summed E-state index contributed by atoms with van der Waals surface area (Å²) in [6.07, 6.45) is 10.2. The molecule has 25 heteroatoms. The molecule has 4 aromatic heterocycles. The highest BCUT2D eigenvalue weighted by molar-refractivity contribution is 6.06. The Morgan fingerprint density at radius 1 is 0.278 bits per heavy atom. The average molecular weight is 1920 g/mol. The molecule has 0 bridgehead atoms. The van der Waals surface area contributed by atoms with Crippen LogP contribution in [0.15, 0.2) is 315 Å². The third-order valence-corrected chi connectivity index (χ3v) is 26.3. The van der Waals surface area contributed by atoms with E-state index in [9.17, 15) is 23.6 Å². The molecule has 12 aromatic carbocycles. The van der Waals surface area contributed by atoms with E-state index >= 15 is 0 Å². The molecular formula is C119H129FN20O4. The van der Waals surface area contributed by atoms with E-state index in [1.807, 2.05) is 198 Å². The van der Waals surface area contributed by atoms with Crippen molar-refractivity contribution in [3.05, 3.63) is 450 Å². The number of amides is 4. The van der Waals surface area contributed by atoms with Crippen molar-refractivity contribution in [3.8, 4) is 22.7 Å². The van der Waals surface area contributed by atoms with E-state index in [1.165, 1.54) is 90.8 Å². The number of rotatable bonds is 36. The van der Waals surface area contributed by atoms with Gasteiger partial charge in [-0.3, -0.25) is 19.2 Å². The Morgan fingerprint density at radius 3 is 0.812 bits per heavy atom. The second-order valence-corrected chi connectivity index (χ2v) is 38.5. The number of aromatic nitrogens is 8. The Balaban J connectivity index is 0.000000132. The zero-order valence-corrected chi connectivity index (χ0v) is 82.9. The molecule has 4 amide bonds. The van der Waals surface area contributed by atoms with Gasteiger partial charge in [0.15, 0.2) is 0 Å². The van der Waals surface area contributed by atoms with E-state index in [0.717, 1.165) is 151 Å². The Hall–Kier alpha value is -15.0. The standard InChI is InChI=1S/3C30H33N5O.C29H30FN5O/c2*1-20-6-3-8-24(14-20)29(32-19-22-12-13-22)25-9-5-10-26(17-25)33-30(36)28-15-21(2)34-35(28)27-11-4-7-23(16-27)18-31;1-20-9-13-24(14-10-20)29(32-19-22-11-12-22)25-6-4-7-26(17-25)33-30(36)28-15-21(2)34-35(28)27-8-3-5-23(16-27)18-31;1-19-14-27(35(34-19)24-9-4-6-21(15-24)17-31)29(36)33-23-8-5-7-22(16-23)28(32-18-20-12-13-20)25-10-2-3-11-26(25)30/h2*3-11,14-17,22,29,32H,12-13,18-19,31H2,1-2H3,(H,33,36);3-10,13-17,22,29,32H,11-12,18-19,31H2,1-2H3,(H,33,36);2-11,14-16,20,28,32H,12-13,17-18,31H2,1H3,(H,33,36). The number of benzene rings is 12. The van der Waals surface area contributed by atoms with Gasteiger partial charge in [0.2, 0.25) is 0 Å². The molecule has 4 aliphatic carbocycles. The van der Waals surface area contributed by atoms with Crippen LogP contribution in [0.1, 0.15) is 224 Å². The second kappa shape index (κ2) is 47.2. The van der Waals surface area contributed by atoms with Crippen molar-refractivity contribution in [1.82, 2.24) is 60.4 Å². The van der Waals surface area contributed by atoms with Gasteiger partial charge in [-0.2, -0.15) is 20.4 Å². The fourth-order valence-electron chi connectivity index (χ4n) is 17.9. The molecule has 736 valence electrons. The molecule has 16 aromatic rings. The van der Waals surface area contributed by atoms with Crippen molar-refractivity contribution < 1.29 is 23.6 Å². The monoisotopic (exact) mass is 1920 g/mol. The maximum atomic E-state index is 14.7. The molecule has 24 nitrogen and oxygen atoms in total. The van der Waals surface area contributed by atoms with Gasteiger partial charge in [-0.05, 0) is 338 Å². The summed E-state index contributed by atoms with van der Waals surface area (Å²) in [7, 11) is 0. The topological polar surface area (TPSA) is 340 Å². The number of hydrogen-bond donors (Lipinski definition) is 12. The lowest BCUT2D eigenvalue weighted by Crippen LogP contribution is -2.25. The minimum Gasteiger partial charge on any atom is -0.326 e. The first-order valence-electron chi connectivity index (χ1n) is 50.0. The van der Waals surface area contributed by atoms with Crippen LogP contribution in [0.25, 0.3) is 22.7 Å². The van der Waals surface area contributed by atoms with Crippen LogP contribution in [0.5, 0.6) is 0 Å². The fourth-order valence-corrected chi connectivity index (χ4v) is 17.9. The number of hydrogen-bond acceptors (Lipinski definition) is 16. The van der Waals surface area contributed by atoms with Crippen molar-refractivity contribution in [2.75, 3.05) is 47.4 Å². The van der Waals surface area contributed by atoms with Crippen LogP contribution in [-0.2, 0) is 26.2 Å². The van der Waals surface area contributed by atoms with E-state index in [-0.39, 0.29) is 53.6 Å². The number of halogens is 1. The first-order chi connectivity index (χ1) is 70.0. The molecule has 0 spiro atoms. The van der Waals surface area contributed by atoms with Crippen LogP contribution < -0.4 is 65.5 Å². The van der Waals surface area contributed by atoms with Crippen molar-refractivity contribution in [3.63, 3.8) is 0 Å². The van der Waals surface area contributed by atoms with Crippen molar-refractivity contribution >= 4 is 46.4 Å². The maximum absolute atomic E-state index is 14.7. The number of aryl methyl sites for hydroxylation is 7. The Kier molecular flexibility index (Phi) is 33.0. The quantitative estimate of drug-likeness (QED) is 0.0174. The minimum atomic E-state index is -0.310. The lowest BCUT2D eigenvalue weighted by Gasteiger charge is -2.21. The zero-order valence-electron chi connectivity index (χ0n) is 82.9. The van der Waals surface area contributed by atoms with Crippen LogP contribution in [0.2, 0.25) is 0 Å². The molecule has 20 rings (SSSR count). The molecule has 4 atom stereocenters. The Labute approximate surface area is 842 Å². The van der Waals surface area contributed by atoms with Gasteiger partial charge in [-0.1, -0.05) is 205 Å². The second-order valence-electron chi connectivity index (χ2n) is 38.5. The summed E-state index contributed by atoms with van der Waals surface area (Å²) in [5.41, 5.74) is 50.4. The maximum Gasteiger partial charge on any atom is 0.274 e. The number of nitrogens with zero attached hydrogens (tertiary/aromatic N) is 8. The molecule has 4 unspecified atom stereocenters. The average Bonchev–Trinajstić information content (AvgIpc) is 1.54. The predicted molar refractivity (Wildman–Crippen MR) is 573 cm³/mol. The summed E-state index contributed by atoms with van der Waals surface area (Å²) in [4.78, 5) is 53.5. The first kappa shape index (κ1) is 100. The van der Waals surface area contributed by atoms with E-state index in [2.05, 4.69) is 193 Å². The number of nitrogens with one attached hydrogen (secondary N) is 8. The van der Waals surface area contributed by atoms with E-state index in [4.69, 9.17) is 22.9 Å². The summed E-state index contributed by atoms with van der Waals surface area (Å²) in [6.45, 7) is 19.4. The van der Waals surface area contributed by atoms with Gasteiger partial charge >= 0.3 is 0 Å². The summed E-state index contributed by atoms with van der Waals surface area (Å²) in [5, 5.41) is 45.3. The van der Waals surface area contributed by atoms with Gasteiger partial charge < -0.3 is 65.5 Å². The van der Waals surface area contributed by atoms with Crippen molar-refractivity contribution in [2.45, 2.75) is 150 Å². The molecule has 0 radical (unpaired) electrons. The molecule has 4 fully saturated rings. The lowest BCUT2D eigenvalue weighted by atomic mass is 9.96. The van der Waals surface area contributed by atoms with Gasteiger partial charge in [-0.15, -0.1) is 0 Å². The SMILES string of the molecule is Cc1cc(C(=O)Nc2cccc(C(NCC3CC3)c3ccccc3F)c2)n(-c2cccc(CN)c2)n1.Cc1ccc(C(NCC2CC2)c2cccc(NC(=O)c3cc(C)nn3-c3cccc(CN)c3)c2)cc1.Cc1cccc(C(NCC2CC2)c2cccc(NC(=O)c3cc(C)nn3-c3cccc(CN)c3)c2)c1.Cc1cccc(C(NCC2CC2)c2cccc(NC(=O)c3cc(C)nn3-c3cccc(CN)c3)c2)c1. The van der Waals surface area contributed by atoms with Crippen molar-refractivity contribution in [2.24, 2.45) is 46.6 Å². The van der Waals surface area contributed by atoms with E-state index in [1.54, 1.807) is 49.1 Å². The lowest BCUT2D eigenvalue weighted by molar-refractivity contribution is 0.101. The predicted octanol–water partition coefficient (Wildman–Crippen LogP) is 21.0. The largest absolute Gasteiger partial charge is 0.326 e. The van der Waals surface area contributed by atoms with Gasteiger partial charge in [0.25, 0.3) is 23.6 Å². The molecule has 16 N–H and O–H groups in total. The summed E-state index contributed by atoms with van der Waals surface area (Å²) in [5.74, 6) is 1.80. The first-order valence-corrected chi connectivity index (χ1v) is 50.0. The van der Waals surface area contributed by atoms with Crippen LogP contribution in [-0.4, -0.2) is 88.9 Å². The molecule has 0 aliphatic heterocycles. The number of anilines is 4. The number of nitrogens with two attached hydrogens (primary N) is 4. The Morgan fingerprint density at radius 2 is 0.535 bits per heavy atom. The van der Waals surface area contributed by atoms with E-state index in [0.29, 0.717) is 66.1 Å².